The molecule has 1 aliphatic rings. The molecule has 0 aliphatic carbocycles. The molecular weight excluding hydrogens is 232 g/mol. The van der Waals surface area contributed by atoms with Gasteiger partial charge < -0.3 is 10.0 Å². The minimum atomic E-state index is -0.912. The lowest BCUT2D eigenvalue weighted by atomic mass is 10.1. The second kappa shape index (κ2) is 6.18. The van der Waals surface area contributed by atoms with E-state index in [4.69, 9.17) is 5.11 Å². The van der Waals surface area contributed by atoms with Gasteiger partial charge >= 0.3 is 5.97 Å². The van der Waals surface area contributed by atoms with E-state index < -0.39 is 12.0 Å². The molecule has 1 heterocycles. The number of rotatable bonds is 4. The lowest BCUT2D eigenvalue weighted by Crippen LogP contribution is -2.49. The molecule has 1 aliphatic heterocycles. The molecule has 1 amide bonds. The topological polar surface area (TPSA) is 60.9 Å². The summed E-state index contributed by atoms with van der Waals surface area (Å²) in [4.78, 5) is 26.9. The fourth-order valence-electron chi connectivity index (χ4n) is 2.46. The van der Waals surface area contributed by atoms with E-state index in [0.29, 0.717) is 12.5 Å². The molecule has 5 heteroatoms. The molecule has 2 atom stereocenters. The van der Waals surface area contributed by atoms with Crippen LogP contribution in [-0.2, 0) is 9.59 Å². The molecular formula is C13H24N2O3. The zero-order valence-electron chi connectivity index (χ0n) is 11.7. The van der Waals surface area contributed by atoms with Crippen LogP contribution >= 0.6 is 0 Å². The summed E-state index contributed by atoms with van der Waals surface area (Å²) in [5.41, 5.74) is 0. The van der Waals surface area contributed by atoms with Crippen LogP contribution in [-0.4, -0.2) is 59.0 Å². The van der Waals surface area contributed by atoms with Crippen molar-refractivity contribution in [2.75, 3.05) is 20.1 Å². The van der Waals surface area contributed by atoms with E-state index in [-0.39, 0.29) is 18.4 Å². The number of hydrogen-bond donors (Lipinski definition) is 1. The molecule has 0 saturated carbocycles. The van der Waals surface area contributed by atoms with Crippen molar-refractivity contribution in [3.8, 4) is 0 Å². The van der Waals surface area contributed by atoms with Crippen molar-refractivity contribution < 1.29 is 14.7 Å². The first-order valence-corrected chi connectivity index (χ1v) is 6.55. The van der Waals surface area contributed by atoms with Crippen molar-refractivity contribution >= 4 is 11.9 Å². The van der Waals surface area contributed by atoms with Crippen LogP contribution in [0.5, 0.6) is 0 Å². The number of carboxylic acids is 1. The smallest absolute Gasteiger partial charge is 0.305 e. The van der Waals surface area contributed by atoms with Crippen LogP contribution in [0.1, 0.15) is 33.6 Å². The summed E-state index contributed by atoms with van der Waals surface area (Å²) >= 11 is 0. The minimum absolute atomic E-state index is 0.0672. The maximum atomic E-state index is 12.2. The van der Waals surface area contributed by atoms with Crippen LogP contribution in [0.4, 0.5) is 0 Å². The van der Waals surface area contributed by atoms with Gasteiger partial charge in [0.05, 0.1) is 6.42 Å². The molecule has 18 heavy (non-hydrogen) atoms. The van der Waals surface area contributed by atoms with Crippen LogP contribution in [0.3, 0.4) is 0 Å². The number of amides is 1. The third-order valence-corrected chi connectivity index (χ3v) is 3.45. The van der Waals surface area contributed by atoms with Crippen LogP contribution < -0.4 is 0 Å². The Hall–Kier alpha value is -1.10. The van der Waals surface area contributed by atoms with Gasteiger partial charge in [-0.3, -0.25) is 14.5 Å². The fourth-order valence-corrected chi connectivity index (χ4v) is 2.46. The van der Waals surface area contributed by atoms with Gasteiger partial charge in [-0.25, -0.2) is 0 Å². The van der Waals surface area contributed by atoms with Crippen LogP contribution in [0.25, 0.3) is 0 Å². The Morgan fingerprint density at radius 3 is 2.61 bits per heavy atom. The number of aliphatic carboxylic acids is 1. The molecule has 1 rings (SSSR count). The number of nitrogens with zero attached hydrogens (tertiary/aromatic N) is 2. The monoisotopic (exact) mass is 256 g/mol. The molecule has 104 valence electrons. The summed E-state index contributed by atoms with van der Waals surface area (Å²) in [6.45, 7) is 7.71. The van der Waals surface area contributed by atoms with Crippen LogP contribution in [0, 0.1) is 5.92 Å². The molecule has 1 saturated heterocycles. The number of carbonyl (C=O) groups excluding carboxylic acids is 1. The average Bonchev–Trinajstić information content (AvgIpc) is 2.35. The summed E-state index contributed by atoms with van der Waals surface area (Å²) in [7, 11) is 1.75. The Labute approximate surface area is 109 Å². The number of carbonyl (C=O) groups is 2. The van der Waals surface area contributed by atoms with Gasteiger partial charge in [0.2, 0.25) is 5.91 Å². The minimum Gasteiger partial charge on any atom is -0.481 e. The Kier molecular flexibility index (Phi) is 5.14. The highest BCUT2D eigenvalue weighted by Crippen LogP contribution is 2.20. The summed E-state index contributed by atoms with van der Waals surface area (Å²) < 4.78 is 0. The summed E-state index contributed by atoms with van der Waals surface area (Å²) in [6.07, 6.45) is 0.783. The van der Waals surface area contributed by atoms with Crippen molar-refractivity contribution in [3.63, 3.8) is 0 Å². The summed E-state index contributed by atoms with van der Waals surface area (Å²) in [5.74, 6) is -0.563. The average molecular weight is 256 g/mol. The van der Waals surface area contributed by atoms with Gasteiger partial charge in [0.1, 0.15) is 6.04 Å². The first kappa shape index (κ1) is 15.0. The number of likely N-dealkylation sites (N-methyl/N-ethyl adjacent to an activating group) is 1. The lowest BCUT2D eigenvalue weighted by molar-refractivity contribution is -0.144. The molecule has 2 unspecified atom stereocenters. The van der Waals surface area contributed by atoms with Gasteiger partial charge in [-0.15, -0.1) is 0 Å². The maximum absolute atomic E-state index is 12.2. The van der Waals surface area contributed by atoms with Crippen molar-refractivity contribution in [1.82, 2.24) is 9.80 Å². The first-order chi connectivity index (χ1) is 8.32. The summed E-state index contributed by atoms with van der Waals surface area (Å²) in [6, 6.07) is -0.280. The third-order valence-electron chi connectivity index (χ3n) is 3.45. The van der Waals surface area contributed by atoms with E-state index in [9.17, 15) is 9.59 Å². The fraction of sp³-hybridized carbons (Fsp3) is 0.846. The largest absolute Gasteiger partial charge is 0.481 e. The zero-order valence-corrected chi connectivity index (χ0v) is 11.7. The van der Waals surface area contributed by atoms with E-state index in [0.717, 1.165) is 13.0 Å². The SMILES string of the molecule is CC(C)CN1C(C)CCN(C)C(=O)C1CC(=O)O. The van der Waals surface area contributed by atoms with Crippen LogP contribution in [0.15, 0.2) is 0 Å². The van der Waals surface area contributed by atoms with E-state index in [1.54, 1.807) is 11.9 Å². The summed E-state index contributed by atoms with van der Waals surface area (Å²) in [5, 5.41) is 9.00. The highest BCUT2D eigenvalue weighted by atomic mass is 16.4. The van der Waals surface area contributed by atoms with Gasteiger partial charge in [-0.1, -0.05) is 13.8 Å². The lowest BCUT2D eigenvalue weighted by Gasteiger charge is -2.34. The molecule has 0 spiro atoms. The molecule has 1 fully saturated rings. The molecule has 0 aromatic carbocycles. The highest BCUT2D eigenvalue weighted by molar-refractivity contribution is 5.86. The van der Waals surface area contributed by atoms with Crippen molar-refractivity contribution in [1.29, 1.82) is 0 Å². The third kappa shape index (κ3) is 3.70. The van der Waals surface area contributed by atoms with Gasteiger partial charge in [0, 0.05) is 26.2 Å². The van der Waals surface area contributed by atoms with Gasteiger partial charge in [-0.2, -0.15) is 0 Å². The van der Waals surface area contributed by atoms with Crippen molar-refractivity contribution in [2.24, 2.45) is 5.92 Å². The predicted octanol–water partition coefficient (Wildman–Crippen LogP) is 1.04. The Balaban J connectivity index is 2.95. The van der Waals surface area contributed by atoms with Crippen molar-refractivity contribution in [2.45, 2.75) is 45.7 Å². The molecule has 0 bridgehead atoms. The second-order valence-corrected chi connectivity index (χ2v) is 5.60. The number of hydrogen-bond acceptors (Lipinski definition) is 3. The normalized spacial score (nSPS) is 26.5. The molecule has 0 radical (unpaired) electrons. The Morgan fingerprint density at radius 1 is 1.50 bits per heavy atom. The highest BCUT2D eigenvalue weighted by Gasteiger charge is 2.36. The van der Waals surface area contributed by atoms with Crippen LogP contribution in [0.2, 0.25) is 0 Å². The maximum Gasteiger partial charge on any atom is 0.305 e. The van der Waals surface area contributed by atoms with E-state index in [1.165, 1.54) is 0 Å². The molecule has 0 aromatic heterocycles. The Bertz CT molecular complexity index is 317. The van der Waals surface area contributed by atoms with Gasteiger partial charge in [0.25, 0.3) is 0 Å². The molecule has 5 nitrogen and oxygen atoms in total. The van der Waals surface area contributed by atoms with E-state index in [1.807, 2.05) is 0 Å². The zero-order chi connectivity index (χ0) is 13.9. The van der Waals surface area contributed by atoms with Crippen molar-refractivity contribution in [3.05, 3.63) is 0 Å². The quantitative estimate of drug-likeness (QED) is 0.816. The molecule has 0 aromatic rings. The standard InChI is InChI=1S/C13H24N2O3/c1-9(2)8-15-10(3)5-6-14(4)13(18)11(15)7-12(16)17/h9-11H,5-8H2,1-4H3,(H,16,17). The van der Waals surface area contributed by atoms with E-state index >= 15 is 0 Å². The molecule has 1 N–H and O–H groups in total. The van der Waals surface area contributed by atoms with Gasteiger partial charge in [0.15, 0.2) is 0 Å². The predicted molar refractivity (Wildman–Crippen MR) is 69.3 cm³/mol. The Morgan fingerprint density at radius 2 is 2.11 bits per heavy atom. The number of carboxylic acid groups (broad SMARTS) is 1. The van der Waals surface area contributed by atoms with Gasteiger partial charge in [-0.05, 0) is 19.3 Å². The van der Waals surface area contributed by atoms with E-state index in [2.05, 4.69) is 25.7 Å². The second-order valence-electron chi connectivity index (χ2n) is 5.60. The first-order valence-electron chi connectivity index (χ1n) is 6.55.